The van der Waals surface area contributed by atoms with Crippen LogP contribution >= 0.6 is 11.6 Å². The van der Waals surface area contributed by atoms with Crippen molar-refractivity contribution < 1.29 is 5.11 Å². The molecular weight excluding hydrogens is 246 g/mol. The third-order valence-corrected chi connectivity index (χ3v) is 4.39. The number of nitrogens with zero attached hydrogens (tertiary/aromatic N) is 1. The van der Waals surface area contributed by atoms with Gasteiger partial charge < -0.3 is 5.11 Å². The summed E-state index contributed by atoms with van der Waals surface area (Å²) in [4.78, 5) is 2.29. The van der Waals surface area contributed by atoms with Gasteiger partial charge in [-0.25, -0.2) is 0 Å². The van der Waals surface area contributed by atoms with Crippen LogP contribution in [0.1, 0.15) is 44.2 Å². The fourth-order valence-electron chi connectivity index (χ4n) is 2.86. The highest BCUT2D eigenvalue weighted by molar-refractivity contribution is 6.30. The molecule has 0 spiro atoms. The molecular formula is C15H22ClNO. The molecule has 18 heavy (non-hydrogen) atoms. The van der Waals surface area contributed by atoms with Crippen LogP contribution in [0, 0.1) is 0 Å². The van der Waals surface area contributed by atoms with Gasteiger partial charge in [-0.15, -0.1) is 0 Å². The minimum atomic E-state index is -0.189. The SMILES string of the molecule is CC(c1cccc(Cl)c1)N(C)[C@H]1CCCC[C@@H]1O. The van der Waals surface area contributed by atoms with Crippen molar-refractivity contribution in [1.82, 2.24) is 4.90 Å². The van der Waals surface area contributed by atoms with Crippen molar-refractivity contribution in [3.63, 3.8) is 0 Å². The smallest absolute Gasteiger partial charge is 0.0695 e. The predicted octanol–water partition coefficient (Wildman–Crippen LogP) is 3.64. The van der Waals surface area contributed by atoms with Crippen LogP contribution in [0.4, 0.5) is 0 Å². The first-order valence-corrected chi connectivity index (χ1v) is 7.13. The summed E-state index contributed by atoms with van der Waals surface area (Å²) in [7, 11) is 2.10. The summed E-state index contributed by atoms with van der Waals surface area (Å²) in [5.41, 5.74) is 1.21. The van der Waals surface area contributed by atoms with Crippen LogP contribution in [0.25, 0.3) is 0 Å². The van der Waals surface area contributed by atoms with Gasteiger partial charge >= 0.3 is 0 Å². The lowest BCUT2D eigenvalue weighted by Crippen LogP contribution is -2.44. The molecule has 0 aromatic heterocycles. The predicted molar refractivity (Wildman–Crippen MR) is 75.9 cm³/mol. The molecule has 0 saturated heterocycles. The van der Waals surface area contributed by atoms with Crippen molar-refractivity contribution in [3.05, 3.63) is 34.9 Å². The highest BCUT2D eigenvalue weighted by Gasteiger charge is 2.29. The molecule has 1 aromatic rings. The highest BCUT2D eigenvalue weighted by Crippen LogP contribution is 2.29. The first-order valence-electron chi connectivity index (χ1n) is 6.75. The number of hydrogen-bond donors (Lipinski definition) is 1. The topological polar surface area (TPSA) is 23.5 Å². The van der Waals surface area contributed by atoms with Gasteiger partial charge in [0.25, 0.3) is 0 Å². The lowest BCUT2D eigenvalue weighted by atomic mass is 9.90. The summed E-state index contributed by atoms with van der Waals surface area (Å²) in [6, 6.07) is 8.54. The molecule has 0 bridgehead atoms. The average molecular weight is 268 g/mol. The molecule has 0 heterocycles. The van der Waals surface area contributed by atoms with Gasteiger partial charge in [0.2, 0.25) is 0 Å². The molecule has 1 saturated carbocycles. The summed E-state index contributed by atoms with van der Waals surface area (Å²) in [6.45, 7) is 2.17. The number of benzene rings is 1. The van der Waals surface area contributed by atoms with Crippen molar-refractivity contribution in [2.45, 2.75) is 50.8 Å². The van der Waals surface area contributed by atoms with Crippen molar-refractivity contribution >= 4 is 11.6 Å². The van der Waals surface area contributed by atoms with E-state index in [1.54, 1.807) is 0 Å². The molecule has 2 nitrogen and oxygen atoms in total. The molecule has 1 aromatic carbocycles. The van der Waals surface area contributed by atoms with Gasteiger partial charge in [-0.1, -0.05) is 36.6 Å². The molecule has 3 heteroatoms. The molecule has 0 amide bonds. The third-order valence-electron chi connectivity index (χ3n) is 4.16. The van der Waals surface area contributed by atoms with Crippen molar-refractivity contribution in [2.75, 3.05) is 7.05 Å². The normalized spacial score (nSPS) is 26.3. The van der Waals surface area contributed by atoms with Crippen LogP contribution in [0.2, 0.25) is 5.02 Å². The Morgan fingerprint density at radius 3 is 2.72 bits per heavy atom. The second kappa shape index (κ2) is 6.05. The molecule has 1 aliphatic rings. The average Bonchev–Trinajstić information content (AvgIpc) is 2.37. The molecule has 2 rings (SSSR count). The molecule has 1 N–H and O–H groups in total. The van der Waals surface area contributed by atoms with Gasteiger partial charge in [-0.05, 0) is 44.5 Å². The van der Waals surface area contributed by atoms with E-state index in [0.717, 1.165) is 24.3 Å². The number of aliphatic hydroxyl groups is 1. The van der Waals surface area contributed by atoms with Crippen LogP contribution in [-0.4, -0.2) is 29.2 Å². The van der Waals surface area contributed by atoms with E-state index >= 15 is 0 Å². The zero-order valence-corrected chi connectivity index (χ0v) is 11.9. The quantitative estimate of drug-likeness (QED) is 0.904. The Kier molecular flexibility index (Phi) is 4.66. The summed E-state index contributed by atoms with van der Waals surface area (Å²) in [5.74, 6) is 0. The molecule has 0 radical (unpaired) electrons. The van der Waals surface area contributed by atoms with Gasteiger partial charge in [0.05, 0.1) is 6.10 Å². The Morgan fingerprint density at radius 2 is 2.06 bits per heavy atom. The zero-order valence-electron chi connectivity index (χ0n) is 11.1. The highest BCUT2D eigenvalue weighted by atomic mass is 35.5. The van der Waals surface area contributed by atoms with Crippen LogP contribution in [0.5, 0.6) is 0 Å². The van der Waals surface area contributed by atoms with Crippen molar-refractivity contribution in [3.8, 4) is 0 Å². The number of likely N-dealkylation sites (N-methyl/N-ethyl adjacent to an activating group) is 1. The fraction of sp³-hybridized carbons (Fsp3) is 0.600. The number of rotatable bonds is 3. The van der Waals surface area contributed by atoms with E-state index < -0.39 is 0 Å². The van der Waals surface area contributed by atoms with E-state index in [1.807, 2.05) is 18.2 Å². The minimum Gasteiger partial charge on any atom is -0.391 e. The lowest BCUT2D eigenvalue weighted by molar-refractivity contribution is 0.0155. The van der Waals surface area contributed by atoms with Crippen LogP contribution < -0.4 is 0 Å². The van der Waals surface area contributed by atoms with Crippen molar-refractivity contribution in [1.29, 1.82) is 0 Å². The minimum absolute atomic E-state index is 0.189. The first-order chi connectivity index (χ1) is 8.59. The number of halogens is 1. The van der Waals surface area contributed by atoms with E-state index in [1.165, 1.54) is 12.0 Å². The van der Waals surface area contributed by atoms with Crippen molar-refractivity contribution in [2.24, 2.45) is 0 Å². The summed E-state index contributed by atoms with van der Waals surface area (Å²) >= 11 is 6.04. The maximum atomic E-state index is 10.1. The third kappa shape index (κ3) is 3.05. The van der Waals surface area contributed by atoms with Gasteiger partial charge in [-0.3, -0.25) is 4.90 Å². The van der Waals surface area contributed by atoms with E-state index in [-0.39, 0.29) is 18.2 Å². The monoisotopic (exact) mass is 267 g/mol. The molecule has 0 aliphatic heterocycles. The van der Waals surface area contributed by atoms with Gasteiger partial charge in [0.1, 0.15) is 0 Å². The Balaban J connectivity index is 2.10. The standard InChI is InChI=1S/C15H22ClNO/c1-11(12-6-5-7-13(16)10-12)17(2)14-8-3-4-9-15(14)18/h5-7,10-11,14-15,18H,3-4,8-9H2,1-2H3/t11?,14-,15-/m0/s1. The lowest BCUT2D eigenvalue weighted by Gasteiger charge is -2.38. The maximum Gasteiger partial charge on any atom is 0.0695 e. The Bertz CT molecular complexity index is 396. The summed E-state index contributed by atoms with van der Waals surface area (Å²) < 4.78 is 0. The van der Waals surface area contributed by atoms with Crippen LogP contribution in [0.15, 0.2) is 24.3 Å². The summed E-state index contributed by atoms with van der Waals surface area (Å²) in [5, 5.41) is 10.9. The molecule has 3 atom stereocenters. The molecule has 1 unspecified atom stereocenters. The first kappa shape index (κ1) is 13.9. The van der Waals surface area contributed by atoms with Crippen LogP contribution in [-0.2, 0) is 0 Å². The van der Waals surface area contributed by atoms with Gasteiger partial charge in [-0.2, -0.15) is 0 Å². The van der Waals surface area contributed by atoms with Gasteiger partial charge in [0, 0.05) is 17.1 Å². The second-order valence-corrected chi connectivity index (χ2v) is 5.75. The summed E-state index contributed by atoms with van der Waals surface area (Å²) in [6.07, 6.45) is 4.19. The van der Waals surface area contributed by atoms with E-state index in [2.05, 4.69) is 24.9 Å². The van der Waals surface area contributed by atoms with E-state index in [4.69, 9.17) is 11.6 Å². The zero-order chi connectivity index (χ0) is 13.1. The van der Waals surface area contributed by atoms with E-state index in [9.17, 15) is 5.11 Å². The van der Waals surface area contributed by atoms with E-state index in [0.29, 0.717) is 0 Å². The number of aliphatic hydroxyl groups excluding tert-OH is 1. The fourth-order valence-corrected chi connectivity index (χ4v) is 3.05. The maximum absolute atomic E-state index is 10.1. The number of hydrogen-bond acceptors (Lipinski definition) is 2. The Labute approximate surface area is 115 Å². The molecule has 100 valence electrons. The molecule has 1 fully saturated rings. The Hall–Kier alpha value is -0.570. The Morgan fingerprint density at radius 1 is 1.33 bits per heavy atom. The second-order valence-electron chi connectivity index (χ2n) is 5.32. The van der Waals surface area contributed by atoms with Gasteiger partial charge in [0.15, 0.2) is 0 Å². The van der Waals surface area contributed by atoms with Crippen LogP contribution in [0.3, 0.4) is 0 Å². The molecule has 1 aliphatic carbocycles. The largest absolute Gasteiger partial charge is 0.391 e.